The summed E-state index contributed by atoms with van der Waals surface area (Å²) in [6.07, 6.45) is 4.07. The fourth-order valence-electron chi connectivity index (χ4n) is 2.94. The van der Waals surface area contributed by atoms with Crippen LogP contribution >= 0.6 is 11.3 Å². The fourth-order valence-corrected chi connectivity index (χ4v) is 4.72. The van der Waals surface area contributed by atoms with E-state index in [0.717, 1.165) is 24.8 Å². The summed E-state index contributed by atoms with van der Waals surface area (Å²) in [5.41, 5.74) is 3.44. The van der Waals surface area contributed by atoms with Crippen LogP contribution in [-0.2, 0) is 27.6 Å². The molecule has 0 amide bonds. The molecule has 0 saturated heterocycles. The molecule has 1 heterocycles. The zero-order valence-electron chi connectivity index (χ0n) is 13.1. The molecule has 1 N–H and O–H groups in total. The Morgan fingerprint density at radius 3 is 2.70 bits per heavy atom. The van der Waals surface area contributed by atoms with Crippen molar-refractivity contribution in [3.8, 4) is 0 Å². The predicted molar refractivity (Wildman–Crippen MR) is 92.3 cm³/mol. The first-order chi connectivity index (χ1) is 11.1. The Hall–Kier alpha value is -1.21. The quantitative estimate of drug-likeness (QED) is 0.869. The molecular formula is C17H21NO3S2. The normalized spacial score (nSPS) is 16.0. The smallest absolute Gasteiger partial charge is 0.240 e. The number of methoxy groups -OCH3 is 1. The molecule has 1 aliphatic carbocycles. The predicted octanol–water partition coefficient (Wildman–Crippen LogP) is 3.29. The van der Waals surface area contributed by atoms with Gasteiger partial charge in [-0.1, -0.05) is 6.07 Å². The first-order valence-corrected chi connectivity index (χ1v) is 10.2. The summed E-state index contributed by atoms with van der Waals surface area (Å²) >= 11 is 1.57. The van der Waals surface area contributed by atoms with Crippen LogP contribution < -0.4 is 4.72 Å². The number of hydrogen-bond donors (Lipinski definition) is 1. The topological polar surface area (TPSA) is 55.4 Å². The van der Waals surface area contributed by atoms with Crippen molar-refractivity contribution < 1.29 is 13.2 Å². The second-order valence-corrected chi connectivity index (χ2v) is 8.32. The first-order valence-electron chi connectivity index (χ1n) is 7.76. The van der Waals surface area contributed by atoms with Gasteiger partial charge < -0.3 is 4.74 Å². The van der Waals surface area contributed by atoms with Gasteiger partial charge in [0.15, 0.2) is 0 Å². The number of nitrogens with one attached hydrogen (secondary N) is 1. The van der Waals surface area contributed by atoms with Crippen molar-refractivity contribution in [3.63, 3.8) is 0 Å². The summed E-state index contributed by atoms with van der Waals surface area (Å²) in [7, 11) is -1.92. The molecule has 1 aliphatic rings. The van der Waals surface area contributed by atoms with E-state index in [1.807, 2.05) is 29.0 Å². The van der Waals surface area contributed by atoms with Crippen molar-refractivity contribution in [2.75, 3.05) is 13.7 Å². The summed E-state index contributed by atoms with van der Waals surface area (Å²) in [5, 5.41) is 3.93. The van der Waals surface area contributed by atoms with Crippen LogP contribution in [0.3, 0.4) is 0 Å². The number of rotatable bonds is 6. The molecule has 0 fully saturated rings. The van der Waals surface area contributed by atoms with Crippen LogP contribution in [0, 0.1) is 0 Å². The molecule has 0 aliphatic heterocycles. The van der Waals surface area contributed by atoms with Gasteiger partial charge in [-0.25, -0.2) is 13.1 Å². The van der Waals surface area contributed by atoms with E-state index in [9.17, 15) is 8.42 Å². The van der Waals surface area contributed by atoms with Crippen molar-refractivity contribution in [3.05, 3.63) is 51.7 Å². The average molecular weight is 351 g/mol. The molecule has 4 nitrogen and oxygen atoms in total. The number of aryl methyl sites for hydroxylation is 2. The van der Waals surface area contributed by atoms with Gasteiger partial charge in [-0.15, -0.1) is 0 Å². The Kier molecular flexibility index (Phi) is 5.16. The Morgan fingerprint density at radius 2 is 2.00 bits per heavy atom. The third kappa shape index (κ3) is 3.83. The van der Waals surface area contributed by atoms with Crippen LogP contribution in [-0.4, -0.2) is 22.1 Å². The molecule has 1 atom stereocenters. The number of hydrogen-bond acceptors (Lipinski definition) is 4. The highest BCUT2D eigenvalue weighted by atomic mass is 32.2. The lowest BCUT2D eigenvalue weighted by Gasteiger charge is -2.18. The van der Waals surface area contributed by atoms with Gasteiger partial charge in [-0.3, -0.25) is 0 Å². The first kappa shape index (κ1) is 16.6. The Morgan fingerprint density at radius 1 is 1.22 bits per heavy atom. The molecule has 1 aromatic heterocycles. The molecule has 1 aromatic carbocycles. The van der Waals surface area contributed by atoms with Crippen molar-refractivity contribution in [2.45, 2.75) is 36.7 Å². The van der Waals surface area contributed by atoms with Gasteiger partial charge in [-0.05, 0) is 71.3 Å². The van der Waals surface area contributed by atoms with Crippen LogP contribution in [0.25, 0.3) is 0 Å². The van der Waals surface area contributed by atoms with Crippen molar-refractivity contribution in [1.82, 2.24) is 4.72 Å². The maximum absolute atomic E-state index is 12.5. The highest BCUT2D eigenvalue weighted by molar-refractivity contribution is 7.89. The van der Waals surface area contributed by atoms with Crippen LogP contribution in [0.5, 0.6) is 0 Å². The summed E-state index contributed by atoms with van der Waals surface area (Å²) in [6.45, 7) is 0.229. The van der Waals surface area contributed by atoms with Gasteiger partial charge in [0.1, 0.15) is 0 Å². The molecule has 0 saturated carbocycles. The second-order valence-electron chi connectivity index (χ2n) is 5.77. The number of thiophene rings is 1. The Labute approximate surface area is 141 Å². The number of fused-ring (bicyclic) bond motifs is 1. The standard InChI is InChI=1S/C17H21NO3S2/c1-21-17(15-8-9-22-12-15)11-18-23(19,20)16-7-6-13-4-2-3-5-14(13)10-16/h6-10,12,17-18H,2-5,11H2,1H3/t17-/m0/s1. The molecule has 6 heteroatoms. The lowest BCUT2D eigenvalue weighted by atomic mass is 9.92. The minimum Gasteiger partial charge on any atom is -0.375 e. The summed E-state index contributed by atoms with van der Waals surface area (Å²) in [5.74, 6) is 0. The van der Waals surface area contributed by atoms with E-state index in [-0.39, 0.29) is 12.6 Å². The SMILES string of the molecule is CO[C@@H](CNS(=O)(=O)c1ccc2c(c1)CCCC2)c1ccsc1. The largest absolute Gasteiger partial charge is 0.375 e. The maximum atomic E-state index is 12.5. The summed E-state index contributed by atoms with van der Waals surface area (Å²) in [4.78, 5) is 0.346. The molecule has 2 aromatic rings. The molecule has 0 unspecified atom stereocenters. The van der Waals surface area contributed by atoms with Crippen LogP contribution in [0.4, 0.5) is 0 Å². The lowest BCUT2D eigenvalue weighted by molar-refractivity contribution is 0.107. The third-order valence-electron chi connectivity index (χ3n) is 4.29. The molecule has 0 radical (unpaired) electrons. The Bertz CT molecular complexity index is 754. The molecule has 0 spiro atoms. The van der Waals surface area contributed by atoms with E-state index in [4.69, 9.17) is 4.74 Å². The number of benzene rings is 1. The second kappa shape index (κ2) is 7.13. The third-order valence-corrected chi connectivity index (χ3v) is 6.41. The number of ether oxygens (including phenoxy) is 1. The van der Waals surface area contributed by atoms with Crippen LogP contribution in [0.1, 0.15) is 35.6 Å². The van der Waals surface area contributed by atoms with E-state index >= 15 is 0 Å². The minimum absolute atomic E-state index is 0.229. The summed E-state index contributed by atoms with van der Waals surface area (Å²) < 4.78 is 33.2. The highest BCUT2D eigenvalue weighted by Crippen LogP contribution is 2.24. The fraction of sp³-hybridized carbons (Fsp3) is 0.412. The van der Waals surface area contributed by atoms with Crippen LogP contribution in [0.15, 0.2) is 39.9 Å². The van der Waals surface area contributed by atoms with E-state index in [2.05, 4.69) is 4.72 Å². The molecule has 23 heavy (non-hydrogen) atoms. The molecule has 0 bridgehead atoms. The van der Waals surface area contributed by atoms with Gasteiger partial charge in [0, 0.05) is 13.7 Å². The van der Waals surface area contributed by atoms with Crippen molar-refractivity contribution >= 4 is 21.4 Å². The molecule has 3 rings (SSSR count). The summed E-state index contributed by atoms with van der Waals surface area (Å²) in [6, 6.07) is 7.43. The van der Waals surface area contributed by atoms with Gasteiger partial charge in [0.2, 0.25) is 10.0 Å². The van der Waals surface area contributed by atoms with Crippen LogP contribution in [0.2, 0.25) is 0 Å². The number of sulfonamides is 1. The lowest BCUT2D eigenvalue weighted by Crippen LogP contribution is -2.29. The van der Waals surface area contributed by atoms with E-state index in [1.54, 1.807) is 24.5 Å². The highest BCUT2D eigenvalue weighted by Gasteiger charge is 2.20. The van der Waals surface area contributed by atoms with Gasteiger partial charge >= 0.3 is 0 Å². The van der Waals surface area contributed by atoms with Gasteiger partial charge in [0.25, 0.3) is 0 Å². The zero-order chi connectivity index (χ0) is 16.3. The van der Waals surface area contributed by atoms with Gasteiger partial charge in [0.05, 0.1) is 11.0 Å². The average Bonchev–Trinajstić information content (AvgIpc) is 3.09. The Balaban J connectivity index is 1.74. The van der Waals surface area contributed by atoms with E-state index < -0.39 is 10.0 Å². The van der Waals surface area contributed by atoms with E-state index in [1.165, 1.54) is 17.5 Å². The monoisotopic (exact) mass is 351 g/mol. The van der Waals surface area contributed by atoms with Gasteiger partial charge in [-0.2, -0.15) is 11.3 Å². The minimum atomic E-state index is -3.52. The zero-order valence-corrected chi connectivity index (χ0v) is 14.8. The molecule has 124 valence electrons. The maximum Gasteiger partial charge on any atom is 0.240 e. The molecular weight excluding hydrogens is 330 g/mol. The van der Waals surface area contributed by atoms with Crippen molar-refractivity contribution in [1.29, 1.82) is 0 Å². The van der Waals surface area contributed by atoms with Crippen molar-refractivity contribution in [2.24, 2.45) is 0 Å². The van der Waals surface area contributed by atoms with E-state index in [0.29, 0.717) is 4.90 Å².